The molecule has 0 aromatic carbocycles. The van der Waals surface area contributed by atoms with Crippen LogP contribution in [-0.4, -0.2) is 61.7 Å². The Kier molecular flexibility index (Phi) is 4.62. The van der Waals surface area contributed by atoms with Gasteiger partial charge in [0, 0.05) is 31.7 Å². The van der Waals surface area contributed by atoms with Crippen LogP contribution in [0.5, 0.6) is 0 Å². The lowest BCUT2D eigenvalue weighted by Gasteiger charge is -2.30. The largest absolute Gasteiger partial charge is 0.313 e. The van der Waals surface area contributed by atoms with Crippen LogP contribution in [0.2, 0.25) is 0 Å². The molecule has 1 atom stereocenters. The second-order valence-electron chi connectivity index (χ2n) is 5.44. The predicted molar refractivity (Wildman–Crippen MR) is 68.8 cm³/mol. The van der Waals surface area contributed by atoms with E-state index >= 15 is 0 Å². The molecule has 0 bridgehead atoms. The van der Waals surface area contributed by atoms with Gasteiger partial charge in [-0.3, -0.25) is 4.90 Å². The van der Waals surface area contributed by atoms with Crippen molar-refractivity contribution in [2.24, 2.45) is 0 Å². The predicted octanol–water partition coefficient (Wildman–Crippen LogP) is 1.15. The zero-order valence-corrected chi connectivity index (χ0v) is 10.9. The molecule has 1 aliphatic heterocycles. The molecule has 0 aromatic rings. The summed E-state index contributed by atoms with van der Waals surface area (Å²) in [4.78, 5) is 5.18. The van der Waals surface area contributed by atoms with Crippen molar-refractivity contribution in [1.29, 1.82) is 0 Å². The molecule has 0 aromatic heterocycles. The fourth-order valence-corrected chi connectivity index (χ4v) is 2.67. The van der Waals surface area contributed by atoms with E-state index in [9.17, 15) is 0 Å². The molecule has 2 rings (SSSR count). The molecule has 0 radical (unpaired) electrons. The molecule has 3 nitrogen and oxygen atoms in total. The summed E-state index contributed by atoms with van der Waals surface area (Å²) >= 11 is 0. The number of nitrogens with one attached hydrogen (secondary N) is 1. The number of likely N-dealkylation sites (N-methyl/N-ethyl adjacent to an activating group) is 1. The first-order valence-electron chi connectivity index (χ1n) is 6.95. The van der Waals surface area contributed by atoms with Crippen molar-refractivity contribution in [1.82, 2.24) is 15.1 Å². The van der Waals surface area contributed by atoms with Gasteiger partial charge in [-0.1, -0.05) is 6.92 Å². The highest BCUT2D eigenvalue weighted by atomic mass is 15.2. The van der Waals surface area contributed by atoms with Crippen molar-refractivity contribution >= 4 is 0 Å². The lowest BCUT2D eigenvalue weighted by Crippen LogP contribution is -2.43. The lowest BCUT2D eigenvalue weighted by atomic mass is 10.2. The molecule has 1 heterocycles. The molecule has 2 fully saturated rings. The Balaban J connectivity index is 1.74. The van der Waals surface area contributed by atoms with Gasteiger partial charge in [0.25, 0.3) is 0 Å². The van der Waals surface area contributed by atoms with E-state index in [1.165, 1.54) is 58.4 Å². The van der Waals surface area contributed by atoms with Crippen LogP contribution < -0.4 is 5.32 Å². The highest BCUT2D eigenvalue weighted by Gasteiger charge is 2.23. The van der Waals surface area contributed by atoms with Gasteiger partial charge < -0.3 is 10.2 Å². The average molecular weight is 225 g/mol. The molecule has 94 valence electrons. The SMILES string of the molecule is CCC1CN(C)CCCN1CCNC1CC1. The van der Waals surface area contributed by atoms with Crippen molar-refractivity contribution in [3.05, 3.63) is 0 Å². The van der Waals surface area contributed by atoms with E-state index in [4.69, 9.17) is 0 Å². The first-order valence-corrected chi connectivity index (χ1v) is 6.95. The van der Waals surface area contributed by atoms with E-state index in [1.807, 2.05) is 0 Å². The molecule has 3 heteroatoms. The number of hydrogen-bond acceptors (Lipinski definition) is 3. The summed E-state index contributed by atoms with van der Waals surface area (Å²) in [5, 5.41) is 3.62. The Morgan fingerprint density at radius 2 is 2.06 bits per heavy atom. The van der Waals surface area contributed by atoms with Gasteiger partial charge in [-0.25, -0.2) is 0 Å². The van der Waals surface area contributed by atoms with Crippen LogP contribution in [0.3, 0.4) is 0 Å². The highest BCUT2D eigenvalue weighted by molar-refractivity contribution is 4.83. The van der Waals surface area contributed by atoms with Gasteiger partial charge in [0.1, 0.15) is 0 Å². The molecule has 2 aliphatic rings. The molecule has 1 N–H and O–H groups in total. The van der Waals surface area contributed by atoms with Crippen LogP contribution in [-0.2, 0) is 0 Å². The van der Waals surface area contributed by atoms with E-state index in [0.29, 0.717) is 0 Å². The Morgan fingerprint density at radius 1 is 1.25 bits per heavy atom. The van der Waals surface area contributed by atoms with E-state index < -0.39 is 0 Å². The summed E-state index contributed by atoms with van der Waals surface area (Å²) in [6.07, 6.45) is 5.42. The minimum Gasteiger partial charge on any atom is -0.313 e. The summed E-state index contributed by atoms with van der Waals surface area (Å²) in [6, 6.07) is 1.63. The smallest absolute Gasteiger partial charge is 0.0220 e. The minimum atomic E-state index is 0.772. The standard InChI is InChI=1S/C13H27N3/c1-3-13-11-15(2)8-4-9-16(13)10-7-14-12-5-6-12/h12-14H,3-11H2,1-2H3. The number of hydrogen-bond donors (Lipinski definition) is 1. The Hall–Kier alpha value is -0.120. The summed E-state index contributed by atoms with van der Waals surface area (Å²) < 4.78 is 0. The van der Waals surface area contributed by atoms with Crippen LogP contribution in [0.4, 0.5) is 0 Å². The molecule has 1 unspecified atom stereocenters. The van der Waals surface area contributed by atoms with E-state index in [2.05, 4.69) is 29.1 Å². The summed E-state index contributed by atoms with van der Waals surface area (Å²) in [5.41, 5.74) is 0. The monoisotopic (exact) mass is 225 g/mol. The normalized spacial score (nSPS) is 29.2. The Labute approximate surface area is 100 Å². The van der Waals surface area contributed by atoms with Gasteiger partial charge in [-0.15, -0.1) is 0 Å². The first kappa shape index (κ1) is 12.3. The fraction of sp³-hybridized carbons (Fsp3) is 1.00. The second kappa shape index (κ2) is 5.99. The van der Waals surface area contributed by atoms with Crippen LogP contribution >= 0.6 is 0 Å². The van der Waals surface area contributed by atoms with E-state index in [0.717, 1.165) is 12.1 Å². The molecule has 1 saturated heterocycles. The van der Waals surface area contributed by atoms with Crippen molar-refractivity contribution in [2.75, 3.05) is 39.8 Å². The van der Waals surface area contributed by atoms with Crippen LogP contribution in [0.15, 0.2) is 0 Å². The van der Waals surface area contributed by atoms with Gasteiger partial charge >= 0.3 is 0 Å². The lowest BCUT2D eigenvalue weighted by molar-refractivity contribution is 0.184. The van der Waals surface area contributed by atoms with Crippen LogP contribution in [0.25, 0.3) is 0 Å². The molecule has 0 spiro atoms. The second-order valence-corrected chi connectivity index (χ2v) is 5.44. The Morgan fingerprint density at radius 3 is 2.75 bits per heavy atom. The quantitative estimate of drug-likeness (QED) is 0.757. The summed E-state index contributed by atoms with van der Waals surface area (Å²) in [5.74, 6) is 0. The maximum atomic E-state index is 3.62. The van der Waals surface area contributed by atoms with Gasteiger partial charge in [0.05, 0.1) is 0 Å². The van der Waals surface area contributed by atoms with E-state index in [-0.39, 0.29) is 0 Å². The molecule has 16 heavy (non-hydrogen) atoms. The molecule has 1 saturated carbocycles. The van der Waals surface area contributed by atoms with Crippen molar-refractivity contribution in [3.8, 4) is 0 Å². The number of rotatable bonds is 5. The zero-order valence-electron chi connectivity index (χ0n) is 10.9. The van der Waals surface area contributed by atoms with Gasteiger partial charge in [-0.05, 0) is 45.8 Å². The number of nitrogens with zero attached hydrogens (tertiary/aromatic N) is 2. The fourth-order valence-electron chi connectivity index (χ4n) is 2.67. The minimum absolute atomic E-state index is 0.772. The zero-order chi connectivity index (χ0) is 11.4. The average Bonchev–Trinajstić information content (AvgIpc) is 3.07. The molecular formula is C13H27N3. The maximum Gasteiger partial charge on any atom is 0.0220 e. The summed E-state index contributed by atoms with van der Waals surface area (Å²) in [6.45, 7) is 8.55. The Bertz CT molecular complexity index is 203. The third-order valence-corrected chi connectivity index (χ3v) is 3.90. The molecule has 0 amide bonds. The topological polar surface area (TPSA) is 18.5 Å². The van der Waals surface area contributed by atoms with Crippen molar-refractivity contribution in [2.45, 2.75) is 44.7 Å². The van der Waals surface area contributed by atoms with Gasteiger partial charge in [-0.2, -0.15) is 0 Å². The third-order valence-electron chi connectivity index (χ3n) is 3.90. The van der Waals surface area contributed by atoms with Crippen molar-refractivity contribution < 1.29 is 0 Å². The molecule has 1 aliphatic carbocycles. The van der Waals surface area contributed by atoms with Crippen molar-refractivity contribution in [3.63, 3.8) is 0 Å². The first-order chi connectivity index (χ1) is 7.79. The third kappa shape index (κ3) is 3.72. The van der Waals surface area contributed by atoms with E-state index in [1.54, 1.807) is 0 Å². The van der Waals surface area contributed by atoms with Crippen LogP contribution in [0, 0.1) is 0 Å². The highest BCUT2D eigenvalue weighted by Crippen LogP contribution is 2.18. The maximum absolute atomic E-state index is 3.62. The van der Waals surface area contributed by atoms with Gasteiger partial charge in [0.2, 0.25) is 0 Å². The van der Waals surface area contributed by atoms with Crippen LogP contribution in [0.1, 0.15) is 32.6 Å². The summed E-state index contributed by atoms with van der Waals surface area (Å²) in [7, 11) is 2.26. The van der Waals surface area contributed by atoms with Gasteiger partial charge in [0.15, 0.2) is 0 Å². The molecular weight excluding hydrogens is 198 g/mol.